The van der Waals surface area contributed by atoms with Crippen molar-refractivity contribution >= 4 is 5.78 Å². The Morgan fingerprint density at radius 2 is 2.40 bits per heavy atom. The van der Waals surface area contributed by atoms with Gasteiger partial charge in [-0.05, 0) is 18.6 Å². The minimum absolute atomic E-state index is 0.109. The van der Waals surface area contributed by atoms with Crippen LogP contribution in [0.15, 0.2) is 30.5 Å². The number of hydrogen-bond acceptors (Lipinski definition) is 1. The Balaban J connectivity index is 3.63. The van der Waals surface area contributed by atoms with Gasteiger partial charge in [0, 0.05) is 6.42 Å². The van der Waals surface area contributed by atoms with Crippen molar-refractivity contribution in [3.05, 3.63) is 30.5 Å². The first-order valence-electron chi connectivity index (χ1n) is 3.35. The van der Waals surface area contributed by atoms with Gasteiger partial charge in [-0.15, -0.1) is 5.73 Å². The standard InChI is InChI=1S/C9H12O/c1-3-5-7-9(10)8-6-4-2/h5-6,8H,1,4,7H2,2H3/b8-6+. The molecular formula is C9H12O. The van der Waals surface area contributed by atoms with Gasteiger partial charge in [-0.25, -0.2) is 0 Å². The molecule has 0 aromatic carbocycles. The normalized spacial score (nSPS) is 9.30. The van der Waals surface area contributed by atoms with Crippen LogP contribution in [0.1, 0.15) is 19.8 Å². The molecule has 0 atom stereocenters. The Hall–Kier alpha value is -1.07. The molecule has 0 saturated heterocycles. The van der Waals surface area contributed by atoms with Crippen molar-refractivity contribution in [1.82, 2.24) is 0 Å². The lowest BCUT2D eigenvalue weighted by Gasteiger charge is -1.82. The van der Waals surface area contributed by atoms with Crippen molar-refractivity contribution in [2.45, 2.75) is 19.8 Å². The Bertz CT molecular complexity index is 171. The molecule has 0 heterocycles. The van der Waals surface area contributed by atoms with E-state index in [9.17, 15) is 4.79 Å². The largest absolute Gasteiger partial charge is 0.294 e. The van der Waals surface area contributed by atoms with Crippen LogP contribution < -0.4 is 0 Å². The lowest BCUT2D eigenvalue weighted by molar-refractivity contribution is -0.113. The number of ketones is 1. The SMILES string of the molecule is C=C=CCC(=O)/C=C/CC. The molecule has 0 bridgehead atoms. The summed E-state index contributed by atoms with van der Waals surface area (Å²) in [6, 6.07) is 0. The Labute approximate surface area is 61.8 Å². The quantitative estimate of drug-likeness (QED) is 0.428. The van der Waals surface area contributed by atoms with Crippen molar-refractivity contribution in [2.75, 3.05) is 0 Å². The number of hydrogen-bond donors (Lipinski definition) is 0. The summed E-state index contributed by atoms with van der Waals surface area (Å²) < 4.78 is 0. The average molecular weight is 136 g/mol. The fraction of sp³-hybridized carbons (Fsp3) is 0.333. The summed E-state index contributed by atoms with van der Waals surface area (Å²) in [6.45, 7) is 5.35. The van der Waals surface area contributed by atoms with Crippen molar-refractivity contribution in [3.8, 4) is 0 Å². The third kappa shape index (κ3) is 5.07. The average Bonchev–Trinajstić information content (AvgIpc) is 1.97. The molecule has 0 fully saturated rings. The van der Waals surface area contributed by atoms with Gasteiger partial charge in [0.1, 0.15) is 0 Å². The summed E-state index contributed by atoms with van der Waals surface area (Å²) >= 11 is 0. The number of carbonyl (C=O) groups is 1. The predicted octanol–water partition coefficient (Wildman–Crippen LogP) is 2.25. The highest BCUT2D eigenvalue weighted by molar-refractivity contribution is 5.90. The zero-order chi connectivity index (χ0) is 7.82. The predicted molar refractivity (Wildman–Crippen MR) is 42.8 cm³/mol. The molecule has 0 aliphatic rings. The maximum Gasteiger partial charge on any atom is 0.159 e. The first kappa shape index (κ1) is 8.93. The lowest BCUT2D eigenvalue weighted by atomic mass is 10.2. The first-order chi connectivity index (χ1) is 4.81. The van der Waals surface area contributed by atoms with Gasteiger partial charge in [0.2, 0.25) is 0 Å². The third-order valence-corrected chi connectivity index (χ3v) is 0.987. The minimum atomic E-state index is 0.109. The zero-order valence-corrected chi connectivity index (χ0v) is 6.26. The van der Waals surface area contributed by atoms with E-state index < -0.39 is 0 Å². The van der Waals surface area contributed by atoms with Gasteiger partial charge in [0.15, 0.2) is 5.78 Å². The molecule has 0 amide bonds. The van der Waals surface area contributed by atoms with E-state index in [0.717, 1.165) is 6.42 Å². The molecule has 1 heteroatoms. The topological polar surface area (TPSA) is 17.1 Å². The summed E-state index contributed by atoms with van der Waals surface area (Å²) in [5, 5.41) is 0. The molecule has 0 radical (unpaired) electrons. The Kier molecular flexibility index (Phi) is 5.41. The van der Waals surface area contributed by atoms with Crippen LogP contribution in [0.2, 0.25) is 0 Å². The van der Waals surface area contributed by atoms with Gasteiger partial charge in [-0.3, -0.25) is 4.79 Å². The molecule has 0 saturated carbocycles. The second-order valence-electron chi connectivity index (χ2n) is 1.89. The van der Waals surface area contributed by atoms with Crippen LogP contribution >= 0.6 is 0 Å². The van der Waals surface area contributed by atoms with E-state index >= 15 is 0 Å². The lowest BCUT2D eigenvalue weighted by Crippen LogP contribution is -1.87. The van der Waals surface area contributed by atoms with Gasteiger partial charge in [-0.2, -0.15) is 0 Å². The van der Waals surface area contributed by atoms with E-state index in [4.69, 9.17) is 0 Å². The van der Waals surface area contributed by atoms with E-state index in [1.807, 2.05) is 13.0 Å². The molecule has 0 aliphatic heterocycles. The van der Waals surface area contributed by atoms with Gasteiger partial charge in [-0.1, -0.05) is 19.6 Å². The van der Waals surface area contributed by atoms with E-state index in [0.29, 0.717) is 6.42 Å². The zero-order valence-electron chi connectivity index (χ0n) is 6.26. The van der Waals surface area contributed by atoms with Crippen LogP contribution in [0.3, 0.4) is 0 Å². The van der Waals surface area contributed by atoms with E-state index in [2.05, 4.69) is 12.3 Å². The molecule has 0 spiro atoms. The van der Waals surface area contributed by atoms with Crippen molar-refractivity contribution in [3.63, 3.8) is 0 Å². The number of rotatable bonds is 4. The van der Waals surface area contributed by atoms with Crippen LogP contribution in [0.25, 0.3) is 0 Å². The summed E-state index contributed by atoms with van der Waals surface area (Å²) in [5.41, 5.74) is 2.55. The van der Waals surface area contributed by atoms with E-state index in [1.165, 1.54) is 0 Å². The van der Waals surface area contributed by atoms with Crippen LogP contribution in [0, 0.1) is 0 Å². The van der Waals surface area contributed by atoms with Crippen LogP contribution in [-0.4, -0.2) is 5.78 Å². The van der Waals surface area contributed by atoms with Crippen molar-refractivity contribution in [2.24, 2.45) is 0 Å². The molecule has 0 aromatic rings. The fourth-order valence-electron chi connectivity index (χ4n) is 0.490. The first-order valence-corrected chi connectivity index (χ1v) is 3.35. The molecule has 10 heavy (non-hydrogen) atoms. The molecule has 0 unspecified atom stereocenters. The summed E-state index contributed by atoms with van der Waals surface area (Å²) in [7, 11) is 0. The second kappa shape index (κ2) is 6.06. The maximum absolute atomic E-state index is 10.8. The van der Waals surface area contributed by atoms with Crippen molar-refractivity contribution < 1.29 is 4.79 Å². The van der Waals surface area contributed by atoms with Crippen LogP contribution in [0.5, 0.6) is 0 Å². The number of allylic oxidation sites excluding steroid dienone is 3. The van der Waals surface area contributed by atoms with Crippen LogP contribution in [0.4, 0.5) is 0 Å². The molecule has 0 aromatic heterocycles. The van der Waals surface area contributed by atoms with E-state index in [1.54, 1.807) is 12.2 Å². The van der Waals surface area contributed by atoms with Crippen LogP contribution in [-0.2, 0) is 4.79 Å². The molecule has 0 rings (SSSR count). The fourth-order valence-corrected chi connectivity index (χ4v) is 0.490. The van der Waals surface area contributed by atoms with Gasteiger partial charge in [0.25, 0.3) is 0 Å². The number of carbonyl (C=O) groups excluding carboxylic acids is 1. The van der Waals surface area contributed by atoms with E-state index in [-0.39, 0.29) is 5.78 Å². The molecular weight excluding hydrogens is 124 g/mol. The Morgan fingerprint density at radius 3 is 2.90 bits per heavy atom. The monoisotopic (exact) mass is 136 g/mol. The van der Waals surface area contributed by atoms with Crippen molar-refractivity contribution in [1.29, 1.82) is 0 Å². The summed E-state index contributed by atoms with van der Waals surface area (Å²) in [4.78, 5) is 10.8. The summed E-state index contributed by atoms with van der Waals surface area (Å²) in [5.74, 6) is 0.109. The highest BCUT2D eigenvalue weighted by atomic mass is 16.1. The third-order valence-electron chi connectivity index (χ3n) is 0.987. The Morgan fingerprint density at radius 1 is 1.70 bits per heavy atom. The highest BCUT2D eigenvalue weighted by Gasteiger charge is 1.88. The second-order valence-corrected chi connectivity index (χ2v) is 1.89. The van der Waals surface area contributed by atoms with Gasteiger partial charge in [0.05, 0.1) is 0 Å². The van der Waals surface area contributed by atoms with Gasteiger partial charge < -0.3 is 0 Å². The highest BCUT2D eigenvalue weighted by Crippen LogP contribution is 1.87. The molecule has 54 valence electrons. The molecule has 1 nitrogen and oxygen atoms in total. The molecule has 0 N–H and O–H groups in total. The molecule has 0 aliphatic carbocycles. The maximum atomic E-state index is 10.8. The minimum Gasteiger partial charge on any atom is -0.294 e. The van der Waals surface area contributed by atoms with Gasteiger partial charge >= 0.3 is 0 Å². The smallest absolute Gasteiger partial charge is 0.159 e. The summed E-state index contributed by atoms with van der Waals surface area (Å²) in [6.07, 6.45) is 6.39.